The summed E-state index contributed by atoms with van der Waals surface area (Å²) in [5.74, 6) is -0.0702. The molecular formula is C18H15F3N2OS2. The third-order valence-electron chi connectivity index (χ3n) is 3.57. The monoisotopic (exact) mass is 396 g/mol. The summed E-state index contributed by atoms with van der Waals surface area (Å²) in [7, 11) is 0. The second kappa shape index (κ2) is 7.67. The number of hydrogen-bond donors (Lipinski definition) is 0. The van der Waals surface area contributed by atoms with Crippen LogP contribution in [0, 0.1) is 6.92 Å². The van der Waals surface area contributed by atoms with Gasteiger partial charge in [0.05, 0.1) is 22.5 Å². The molecule has 3 rings (SSSR count). The smallest absolute Gasteiger partial charge is 0.310 e. The Morgan fingerprint density at radius 1 is 1.19 bits per heavy atom. The molecule has 0 fully saturated rings. The largest absolute Gasteiger partial charge is 0.406 e. The van der Waals surface area contributed by atoms with Crippen molar-refractivity contribution in [2.45, 2.75) is 24.8 Å². The lowest BCUT2D eigenvalue weighted by Crippen LogP contribution is -2.19. The summed E-state index contributed by atoms with van der Waals surface area (Å²) in [5, 5.41) is 0.183. The van der Waals surface area contributed by atoms with Gasteiger partial charge in [0.25, 0.3) is 0 Å². The van der Waals surface area contributed by atoms with E-state index in [1.807, 2.05) is 13.0 Å². The minimum atomic E-state index is -4.38. The molecule has 1 aromatic carbocycles. The van der Waals surface area contributed by atoms with Gasteiger partial charge in [-0.05, 0) is 24.6 Å². The lowest BCUT2D eigenvalue weighted by atomic mass is 10.2. The Balaban J connectivity index is 1.84. The summed E-state index contributed by atoms with van der Waals surface area (Å²) in [6.45, 7) is 0.753. The maximum absolute atomic E-state index is 13.0. The molecule has 0 saturated carbocycles. The number of rotatable bonds is 6. The van der Waals surface area contributed by atoms with Crippen LogP contribution in [-0.2, 0) is 6.54 Å². The van der Waals surface area contributed by atoms with Crippen LogP contribution in [0.5, 0.6) is 0 Å². The van der Waals surface area contributed by atoms with Crippen molar-refractivity contribution in [2.75, 3.05) is 5.75 Å². The molecule has 0 saturated heterocycles. The van der Waals surface area contributed by atoms with Crippen LogP contribution in [0.3, 0.4) is 0 Å². The zero-order chi connectivity index (χ0) is 18.7. The Bertz CT molecular complexity index is 901. The van der Waals surface area contributed by atoms with Crippen molar-refractivity contribution in [1.82, 2.24) is 9.55 Å². The van der Waals surface area contributed by atoms with E-state index in [0.717, 1.165) is 21.2 Å². The number of carbonyl (C=O) groups is 1. The Morgan fingerprint density at radius 3 is 2.54 bits per heavy atom. The van der Waals surface area contributed by atoms with Crippen molar-refractivity contribution in [3.05, 3.63) is 58.4 Å². The van der Waals surface area contributed by atoms with Crippen molar-refractivity contribution < 1.29 is 18.0 Å². The molecule has 2 aromatic heterocycles. The van der Waals surface area contributed by atoms with Crippen molar-refractivity contribution in [3.8, 4) is 11.3 Å². The standard InChI is InChI=1S/C18H15F3N2OS2/c1-12-7-8-16(26-12)15(24)10-25-17-22-9-14(13-5-3-2-4-6-13)23(17)11-18(19,20)21/h2-9H,10-11H2,1H3. The third kappa shape index (κ3) is 4.56. The van der Waals surface area contributed by atoms with Crippen LogP contribution in [0.15, 0.2) is 53.8 Å². The van der Waals surface area contributed by atoms with Gasteiger partial charge in [-0.25, -0.2) is 4.98 Å². The number of thiophene rings is 1. The van der Waals surface area contributed by atoms with E-state index in [1.54, 1.807) is 36.4 Å². The summed E-state index contributed by atoms with van der Waals surface area (Å²) in [6, 6.07) is 12.4. The molecule has 0 bridgehead atoms. The summed E-state index contributed by atoms with van der Waals surface area (Å²) < 4.78 is 40.2. The van der Waals surface area contributed by atoms with E-state index in [4.69, 9.17) is 0 Å². The second-order valence-corrected chi connectivity index (χ2v) is 7.85. The number of hydrogen-bond acceptors (Lipinski definition) is 4. The zero-order valence-electron chi connectivity index (χ0n) is 13.8. The number of nitrogens with zero attached hydrogens (tertiary/aromatic N) is 2. The number of thioether (sulfide) groups is 1. The third-order valence-corrected chi connectivity index (χ3v) is 5.61. The van der Waals surface area contributed by atoms with Gasteiger partial charge in [-0.1, -0.05) is 42.1 Å². The quantitative estimate of drug-likeness (QED) is 0.410. The van der Waals surface area contributed by atoms with E-state index < -0.39 is 12.7 Å². The number of aryl methyl sites for hydroxylation is 1. The second-order valence-electron chi connectivity index (χ2n) is 5.62. The van der Waals surface area contributed by atoms with Crippen molar-refractivity contribution in [1.29, 1.82) is 0 Å². The molecule has 3 nitrogen and oxygen atoms in total. The van der Waals surface area contributed by atoms with E-state index in [1.165, 1.54) is 17.5 Å². The number of Topliss-reactive ketones (excluding diaryl/α,β-unsaturated/α-hetero) is 1. The summed E-state index contributed by atoms with van der Waals surface area (Å²) in [6.07, 6.45) is -2.96. The Hall–Kier alpha value is -2.06. The highest BCUT2D eigenvalue weighted by molar-refractivity contribution is 7.99. The van der Waals surface area contributed by atoms with Crippen molar-refractivity contribution in [3.63, 3.8) is 0 Å². The van der Waals surface area contributed by atoms with E-state index >= 15 is 0 Å². The maximum Gasteiger partial charge on any atom is 0.406 e. The molecule has 0 atom stereocenters. The summed E-state index contributed by atoms with van der Waals surface area (Å²) in [5.41, 5.74) is 1.03. The van der Waals surface area contributed by atoms with Gasteiger partial charge >= 0.3 is 6.18 Å². The minimum absolute atomic E-state index is 0.0447. The van der Waals surface area contributed by atoms with Crippen LogP contribution in [0.2, 0.25) is 0 Å². The number of ketones is 1. The fourth-order valence-electron chi connectivity index (χ4n) is 2.43. The van der Waals surface area contributed by atoms with E-state index in [0.29, 0.717) is 16.1 Å². The highest BCUT2D eigenvalue weighted by Crippen LogP contribution is 2.30. The minimum Gasteiger partial charge on any atom is -0.310 e. The van der Waals surface area contributed by atoms with E-state index in [2.05, 4.69) is 4.98 Å². The van der Waals surface area contributed by atoms with Gasteiger partial charge in [0.1, 0.15) is 6.54 Å². The van der Waals surface area contributed by atoms with Crippen LogP contribution < -0.4 is 0 Å². The first-order chi connectivity index (χ1) is 12.3. The average Bonchev–Trinajstić information content (AvgIpc) is 3.19. The molecule has 0 N–H and O–H groups in total. The van der Waals surface area contributed by atoms with Gasteiger partial charge in [-0.15, -0.1) is 11.3 Å². The van der Waals surface area contributed by atoms with E-state index in [-0.39, 0.29) is 16.7 Å². The highest BCUT2D eigenvalue weighted by Gasteiger charge is 2.31. The lowest BCUT2D eigenvalue weighted by Gasteiger charge is -2.14. The fraction of sp³-hybridized carbons (Fsp3) is 0.222. The molecule has 3 aromatic rings. The normalized spacial score (nSPS) is 11.7. The van der Waals surface area contributed by atoms with Gasteiger partial charge in [-0.3, -0.25) is 4.79 Å². The van der Waals surface area contributed by atoms with Gasteiger partial charge in [-0.2, -0.15) is 13.2 Å². The van der Waals surface area contributed by atoms with Crippen molar-refractivity contribution in [2.24, 2.45) is 0 Å². The Morgan fingerprint density at radius 2 is 1.92 bits per heavy atom. The molecular weight excluding hydrogens is 381 g/mol. The van der Waals surface area contributed by atoms with Crippen LogP contribution >= 0.6 is 23.1 Å². The number of halogens is 3. The number of alkyl halides is 3. The number of aromatic nitrogens is 2. The molecule has 0 unspecified atom stereocenters. The molecule has 0 radical (unpaired) electrons. The molecule has 0 aliphatic heterocycles. The first-order valence-electron chi connectivity index (χ1n) is 7.73. The average molecular weight is 396 g/mol. The van der Waals surface area contributed by atoms with Crippen molar-refractivity contribution >= 4 is 28.9 Å². The molecule has 26 heavy (non-hydrogen) atoms. The molecule has 136 valence electrons. The van der Waals surface area contributed by atoms with Gasteiger partial charge in [0.15, 0.2) is 10.9 Å². The lowest BCUT2D eigenvalue weighted by molar-refractivity contribution is -0.141. The predicted octanol–water partition coefficient (Wildman–Crippen LogP) is 5.46. The maximum atomic E-state index is 13.0. The first kappa shape index (κ1) is 18.7. The highest BCUT2D eigenvalue weighted by atomic mass is 32.2. The summed E-state index contributed by atoms with van der Waals surface area (Å²) in [4.78, 5) is 18.0. The van der Waals surface area contributed by atoms with Gasteiger partial charge < -0.3 is 4.57 Å². The molecule has 0 aliphatic carbocycles. The Labute approximate surface area is 156 Å². The van der Waals surface area contributed by atoms with Crippen LogP contribution in [0.4, 0.5) is 13.2 Å². The molecule has 8 heteroatoms. The fourth-order valence-corrected chi connectivity index (χ4v) is 4.19. The predicted molar refractivity (Wildman–Crippen MR) is 97.8 cm³/mol. The van der Waals surface area contributed by atoms with E-state index in [9.17, 15) is 18.0 Å². The molecule has 2 heterocycles. The SMILES string of the molecule is Cc1ccc(C(=O)CSc2ncc(-c3ccccc3)n2CC(F)(F)F)s1. The van der Waals surface area contributed by atoms with Crippen LogP contribution in [0.25, 0.3) is 11.3 Å². The van der Waals surface area contributed by atoms with Gasteiger partial charge in [0.2, 0.25) is 0 Å². The number of imidazole rings is 1. The number of carbonyl (C=O) groups excluding carboxylic acids is 1. The van der Waals surface area contributed by atoms with Crippen LogP contribution in [-0.4, -0.2) is 27.3 Å². The number of benzene rings is 1. The summed E-state index contributed by atoms with van der Waals surface area (Å²) >= 11 is 2.40. The van der Waals surface area contributed by atoms with Crippen LogP contribution in [0.1, 0.15) is 14.5 Å². The molecule has 0 aliphatic rings. The topological polar surface area (TPSA) is 34.9 Å². The zero-order valence-corrected chi connectivity index (χ0v) is 15.4. The Kier molecular flexibility index (Phi) is 5.52. The first-order valence-corrected chi connectivity index (χ1v) is 9.54. The van der Waals surface area contributed by atoms with Gasteiger partial charge in [0, 0.05) is 4.88 Å². The molecule has 0 amide bonds. The molecule has 0 spiro atoms.